The Bertz CT molecular complexity index is 146. The standard InChI is InChI=1S/C10H21BrN2O/c1-13-6-7-14-10(9-13)8-12-5-3-2-4-11/h10,12H,2-9H2,1H3. The number of rotatable bonds is 6. The SMILES string of the molecule is CN1CCOC(CNCCCCBr)C1. The number of nitrogens with one attached hydrogen (secondary N) is 1. The van der Waals surface area contributed by atoms with Gasteiger partial charge in [-0.1, -0.05) is 15.9 Å². The number of likely N-dealkylation sites (N-methyl/N-ethyl adjacent to an activating group) is 1. The largest absolute Gasteiger partial charge is 0.374 e. The Morgan fingerprint density at radius 2 is 2.36 bits per heavy atom. The maximum atomic E-state index is 5.64. The first-order valence-corrected chi connectivity index (χ1v) is 6.52. The van der Waals surface area contributed by atoms with Gasteiger partial charge in [-0.05, 0) is 26.4 Å². The molecule has 1 heterocycles. The van der Waals surface area contributed by atoms with Gasteiger partial charge in [-0.3, -0.25) is 0 Å². The highest BCUT2D eigenvalue weighted by Gasteiger charge is 2.16. The van der Waals surface area contributed by atoms with Crippen LogP contribution in [0.1, 0.15) is 12.8 Å². The first-order chi connectivity index (χ1) is 6.83. The van der Waals surface area contributed by atoms with Crippen molar-refractivity contribution in [2.45, 2.75) is 18.9 Å². The van der Waals surface area contributed by atoms with E-state index in [0.29, 0.717) is 6.10 Å². The monoisotopic (exact) mass is 264 g/mol. The van der Waals surface area contributed by atoms with Gasteiger partial charge >= 0.3 is 0 Å². The van der Waals surface area contributed by atoms with Crippen molar-refractivity contribution in [3.8, 4) is 0 Å². The van der Waals surface area contributed by atoms with Crippen LogP contribution in [0.2, 0.25) is 0 Å². The Morgan fingerprint density at radius 3 is 3.07 bits per heavy atom. The first-order valence-electron chi connectivity index (χ1n) is 5.39. The van der Waals surface area contributed by atoms with E-state index in [2.05, 4.69) is 33.2 Å². The summed E-state index contributed by atoms with van der Waals surface area (Å²) in [6.07, 6.45) is 2.88. The number of halogens is 1. The fourth-order valence-electron chi connectivity index (χ4n) is 1.60. The summed E-state index contributed by atoms with van der Waals surface area (Å²) < 4.78 is 5.64. The smallest absolute Gasteiger partial charge is 0.0826 e. The molecule has 3 nitrogen and oxygen atoms in total. The molecular weight excluding hydrogens is 244 g/mol. The predicted molar refractivity (Wildman–Crippen MR) is 63.1 cm³/mol. The van der Waals surface area contributed by atoms with Gasteiger partial charge in [0, 0.05) is 25.0 Å². The zero-order valence-corrected chi connectivity index (χ0v) is 10.6. The van der Waals surface area contributed by atoms with E-state index < -0.39 is 0 Å². The highest BCUT2D eigenvalue weighted by atomic mass is 79.9. The second kappa shape index (κ2) is 7.63. The Balaban J connectivity index is 1.95. The van der Waals surface area contributed by atoms with Crippen LogP contribution < -0.4 is 5.32 Å². The van der Waals surface area contributed by atoms with Crippen molar-refractivity contribution >= 4 is 15.9 Å². The third kappa shape index (κ3) is 5.29. The summed E-state index contributed by atoms with van der Waals surface area (Å²) in [4.78, 5) is 2.33. The zero-order chi connectivity index (χ0) is 10.2. The van der Waals surface area contributed by atoms with Gasteiger partial charge in [0.05, 0.1) is 12.7 Å². The summed E-state index contributed by atoms with van der Waals surface area (Å²) in [5.74, 6) is 0. The minimum absolute atomic E-state index is 0.387. The van der Waals surface area contributed by atoms with Gasteiger partial charge in [-0.2, -0.15) is 0 Å². The van der Waals surface area contributed by atoms with Crippen LogP contribution in [0.25, 0.3) is 0 Å². The maximum Gasteiger partial charge on any atom is 0.0826 e. The third-order valence-electron chi connectivity index (χ3n) is 2.45. The molecule has 0 saturated carbocycles. The molecule has 1 aliphatic rings. The average Bonchev–Trinajstić information content (AvgIpc) is 2.18. The number of morpholine rings is 1. The molecule has 0 aromatic heterocycles. The van der Waals surface area contributed by atoms with E-state index in [1.807, 2.05) is 0 Å². The molecule has 0 spiro atoms. The fourth-order valence-corrected chi connectivity index (χ4v) is 1.99. The van der Waals surface area contributed by atoms with Crippen molar-refractivity contribution in [1.29, 1.82) is 0 Å². The lowest BCUT2D eigenvalue weighted by atomic mass is 10.2. The minimum atomic E-state index is 0.387. The highest BCUT2D eigenvalue weighted by molar-refractivity contribution is 9.09. The molecule has 1 unspecified atom stereocenters. The first kappa shape index (κ1) is 12.4. The molecule has 0 aromatic rings. The van der Waals surface area contributed by atoms with E-state index in [-0.39, 0.29) is 0 Å². The Labute approximate surface area is 95.3 Å². The van der Waals surface area contributed by atoms with Crippen molar-refractivity contribution < 1.29 is 4.74 Å². The van der Waals surface area contributed by atoms with Crippen molar-refractivity contribution in [2.24, 2.45) is 0 Å². The molecular formula is C10H21BrN2O. The highest BCUT2D eigenvalue weighted by Crippen LogP contribution is 2.01. The number of unbranched alkanes of at least 4 members (excludes halogenated alkanes) is 1. The molecule has 0 radical (unpaired) electrons. The molecule has 0 amide bonds. The van der Waals surface area contributed by atoms with E-state index in [9.17, 15) is 0 Å². The van der Waals surface area contributed by atoms with Crippen molar-refractivity contribution in [2.75, 3.05) is 45.2 Å². The number of hydrogen-bond acceptors (Lipinski definition) is 3. The second-order valence-electron chi connectivity index (χ2n) is 3.86. The van der Waals surface area contributed by atoms with Gasteiger partial charge in [-0.25, -0.2) is 0 Å². The van der Waals surface area contributed by atoms with E-state index in [1.165, 1.54) is 12.8 Å². The minimum Gasteiger partial charge on any atom is -0.374 e. The quantitative estimate of drug-likeness (QED) is 0.574. The number of ether oxygens (including phenoxy) is 1. The normalized spacial score (nSPS) is 24.0. The summed E-state index contributed by atoms with van der Waals surface area (Å²) in [7, 11) is 2.15. The molecule has 0 bridgehead atoms. The molecule has 84 valence electrons. The molecule has 0 aliphatic carbocycles. The Kier molecular flexibility index (Phi) is 6.77. The number of alkyl halides is 1. The van der Waals surface area contributed by atoms with Gasteiger partial charge in [-0.15, -0.1) is 0 Å². The van der Waals surface area contributed by atoms with Gasteiger partial charge < -0.3 is 15.0 Å². The Morgan fingerprint density at radius 1 is 1.50 bits per heavy atom. The van der Waals surface area contributed by atoms with Crippen LogP contribution in [0.3, 0.4) is 0 Å². The van der Waals surface area contributed by atoms with E-state index in [4.69, 9.17) is 4.74 Å². The second-order valence-corrected chi connectivity index (χ2v) is 4.65. The molecule has 14 heavy (non-hydrogen) atoms. The summed E-state index contributed by atoms with van der Waals surface area (Å²) in [6.45, 7) is 5.11. The molecule has 4 heteroatoms. The van der Waals surface area contributed by atoms with E-state index >= 15 is 0 Å². The van der Waals surface area contributed by atoms with Crippen molar-refractivity contribution in [1.82, 2.24) is 10.2 Å². The van der Waals surface area contributed by atoms with Gasteiger partial charge in [0.1, 0.15) is 0 Å². The summed E-state index contributed by atoms with van der Waals surface area (Å²) >= 11 is 3.43. The van der Waals surface area contributed by atoms with Crippen LogP contribution in [-0.4, -0.2) is 56.2 Å². The molecule has 1 aliphatic heterocycles. The zero-order valence-electron chi connectivity index (χ0n) is 8.97. The molecule has 1 atom stereocenters. The van der Waals surface area contributed by atoms with E-state index in [0.717, 1.165) is 38.1 Å². The van der Waals surface area contributed by atoms with Gasteiger partial charge in [0.15, 0.2) is 0 Å². The lowest BCUT2D eigenvalue weighted by molar-refractivity contribution is -0.0180. The average molecular weight is 265 g/mol. The maximum absolute atomic E-state index is 5.64. The number of hydrogen-bond donors (Lipinski definition) is 1. The van der Waals surface area contributed by atoms with Crippen molar-refractivity contribution in [3.63, 3.8) is 0 Å². The van der Waals surface area contributed by atoms with Crippen LogP contribution >= 0.6 is 15.9 Å². The fraction of sp³-hybridized carbons (Fsp3) is 1.00. The van der Waals surface area contributed by atoms with Crippen LogP contribution in [0.15, 0.2) is 0 Å². The van der Waals surface area contributed by atoms with Gasteiger partial charge in [0.2, 0.25) is 0 Å². The van der Waals surface area contributed by atoms with Crippen LogP contribution in [0, 0.1) is 0 Å². The third-order valence-corrected chi connectivity index (χ3v) is 3.01. The molecule has 1 N–H and O–H groups in total. The van der Waals surface area contributed by atoms with Crippen LogP contribution in [-0.2, 0) is 4.74 Å². The summed E-state index contributed by atoms with van der Waals surface area (Å²) in [5.41, 5.74) is 0. The molecule has 1 fully saturated rings. The summed E-state index contributed by atoms with van der Waals surface area (Å²) in [5, 5.41) is 4.55. The Hall–Kier alpha value is 0.360. The van der Waals surface area contributed by atoms with Crippen LogP contribution in [0.5, 0.6) is 0 Å². The molecule has 1 saturated heterocycles. The molecule has 0 aromatic carbocycles. The topological polar surface area (TPSA) is 24.5 Å². The van der Waals surface area contributed by atoms with Gasteiger partial charge in [0.25, 0.3) is 0 Å². The molecule has 1 rings (SSSR count). The lowest BCUT2D eigenvalue weighted by Crippen LogP contribution is -2.44. The summed E-state index contributed by atoms with van der Waals surface area (Å²) in [6, 6.07) is 0. The van der Waals surface area contributed by atoms with Crippen LogP contribution in [0.4, 0.5) is 0 Å². The van der Waals surface area contributed by atoms with Crippen molar-refractivity contribution in [3.05, 3.63) is 0 Å². The van der Waals surface area contributed by atoms with E-state index in [1.54, 1.807) is 0 Å². The number of nitrogens with zero attached hydrogens (tertiary/aromatic N) is 1. The lowest BCUT2D eigenvalue weighted by Gasteiger charge is -2.30. The predicted octanol–water partition coefficient (Wildman–Crippen LogP) is 1.08.